The summed E-state index contributed by atoms with van der Waals surface area (Å²) < 4.78 is 1.89. The molecule has 1 fully saturated rings. The fraction of sp³-hybridized carbons (Fsp3) is 0.692. The molecule has 6 heteroatoms. The van der Waals surface area contributed by atoms with Crippen molar-refractivity contribution < 1.29 is 5.11 Å². The van der Waals surface area contributed by atoms with Crippen LogP contribution in [0.2, 0.25) is 0 Å². The maximum atomic E-state index is 12.0. The van der Waals surface area contributed by atoms with Crippen LogP contribution in [-0.4, -0.2) is 27.0 Å². The Hall–Kier alpha value is -0.880. The van der Waals surface area contributed by atoms with Gasteiger partial charge in [0.15, 0.2) is 0 Å². The zero-order valence-electron chi connectivity index (χ0n) is 11.1. The van der Waals surface area contributed by atoms with Crippen molar-refractivity contribution in [3.8, 4) is 0 Å². The molecule has 5 nitrogen and oxygen atoms in total. The molecular weight excluding hydrogens is 310 g/mol. The smallest absolute Gasteiger partial charge is 0.283 e. The van der Waals surface area contributed by atoms with Crippen molar-refractivity contribution in [2.75, 3.05) is 5.32 Å². The van der Waals surface area contributed by atoms with Crippen molar-refractivity contribution in [2.45, 2.75) is 57.7 Å². The Morgan fingerprint density at radius 2 is 2.21 bits per heavy atom. The van der Waals surface area contributed by atoms with Gasteiger partial charge in [-0.3, -0.25) is 4.79 Å². The summed E-state index contributed by atoms with van der Waals surface area (Å²) in [5, 5.41) is 17.4. The standard InChI is InChI=1S/C13H20BrN3O2/c1-2-17-13(19)12(14)10(8-15-17)16-9-6-4-3-5-7-11(9)18/h8-9,11,16,18H,2-7H2,1H3. The molecule has 19 heavy (non-hydrogen) atoms. The number of hydrogen-bond donors (Lipinski definition) is 2. The fourth-order valence-electron chi connectivity index (χ4n) is 2.45. The fourth-order valence-corrected chi connectivity index (χ4v) is 2.87. The van der Waals surface area contributed by atoms with Crippen LogP contribution in [0.1, 0.15) is 39.0 Å². The molecule has 106 valence electrons. The second-order valence-corrected chi connectivity index (χ2v) is 5.74. The van der Waals surface area contributed by atoms with Crippen LogP contribution in [0.15, 0.2) is 15.5 Å². The number of hydrogen-bond acceptors (Lipinski definition) is 4. The summed E-state index contributed by atoms with van der Waals surface area (Å²) in [5.41, 5.74) is 0.524. The molecule has 2 N–H and O–H groups in total. The Kier molecular flexibility index (Phi) is 4.99. The lowest BCUT2D eigenvalue weighted by molar-refractivity contribution is 0.144. The second-order valence-electron chi connectivity index (χ2n) is 4.95. The van der Waals surface area contributed by atoms with E-state index in [1.54, 1.807) is 6.20 Å². The topological polar surface area (TPSA) is 67.2 Å². The molecule has 1 aliphatic carbocycles. The van der Waals surface area contributed by atoms with Crippen molar-refractivity contribution in [3.05, 3.63) is 21.0 Å². The van der Waals surface area contributed by atoms with Crippen LogP contribution in [0, 0.1) is 0 Å². The molecule has 2 rings (SSSR count). The van der Waals surface area contributed by atoms with Crippen LogP contribution in [-0.2, 0) is 6.54 Å². The van der Waals surface area contributed by atoms with Gasteiger partial charge in [0.25, 0.3) is 5.56 Å². The minimum absolute atomic E-state index is 0.00234. The van der Waals surface area contributed by atoms with Crippen LogP contribution in [0.25, 0.3) is 0 Å². The summed E-state index contributed by atoms with van der Waals surface area (Å²) in [4.78, 5) is 12.0. The van der Waals surface area contributed by atoms with Crippen molar-refractivity contribution in [3.63, 3.8) is 0 Å². The van der Waals surface area contributed by atoms with Crippen LogP contribution in [0.3, 0.4) is 0 Å². The quantitative estimate of drug-likeness (QED) is 0.833. The lowest BCUT2D eigenvalue weighted by Crippen LogP contribution is -2.34. The van der Waals surface area contributed by atoms with E-state index < -0.39 is 0 Å². The molecule has 0 amide bonds. The van der Waals surface area contributed by atoms with E-state index in [0.29, 0.717) is 16.7 Å². The highest BCUT2D eigenvalue weighted by molar-refractivity contribution is 9.10. The molecule has 2 unspecified atom stereocenters. The van der Waals surface area contributed by atoms with Crippen molar-refractivity contribution >= 4 is 21.6 Å². The third kappa shape index (κ3) is 3.36. The van der Waals surface area contributed by atoms with Gasteiger partial charge in [-0.1, -0.05) is 19.3 Å². The van der Waals surface area contributed by atoms with Crippen LogP contribution < -0.4 is 10.9 Å². The van der Waals surface area contributed by atoms with Crippen molar-refractivity contribution in [1.82, 2.24) is 9.78 Å². The number of aryl methyl sites for hydroxylation is 1. The van der Waals surface area contributed by atoms with Gasteiger partial charge >= 0.3 is 0 Å². The van der Waals surface area contributed by atoms with E-state index >= 15 is 0 Å². The highest BCUT2D eigenvalue weighted by Crippen LogP contribution is 2.24. The molecule has 0 spiro atoms. The molecule has 2 atom stereocenters. The van der Waals surface area contributed by atoms with Gasteiger partial charge in [-0.15, -0.1) is 0 Å². The number of halogens is 1. The van der Waals surface area contributed by atoms with E-state index in [0.717, 1.165) is 32.1 Å². The van der Waals surface area contributed by atoms with E-state index in [1.165, 1.54) is 4.68 Å². The molecular formula is C13H20BrN3O2. The van der Waals surface area contributed by atoms with Crippen molar-refractivity contribution in [1.29, 1.82) is 0 Å². The highest BCUT2D eigenvalue weighted by atomic mass is 79.9. The largest absolute Gasteiger partial charge is 0.391 e. The summed E-state index contributed by atoms with van der Waals surface area (Å²) in [7, 11) is 0. The highest BCUT2D eigenvalue weighted by Gasteiger charge is 2.22. The first-order valence-corrected chi connectivity index (χ1v) is 7.63. The number of nitrogens with one attached hydrogen (secondary N) is 1. The zero-order chi connectivity index (χ0) is 13.8. The normalized spacial score (nSPS) is 23.9. The maximum Gasteiger partial charge on any atom is 0.283 e. The van der Waals surface area contributed by atoms with Gasteiger partial charge in [-0.05, 0) is 35.7 Å². The van der Waals surface area contributed by atoms with E-state index in [4.69, 9.17) is 0 Å². The van der Waals surface area contributed by atoms with Gasteiger partial charge in [0, 0.05) is 6.54 Å². The van der Waals surface area contributed by atoms with Gasteiger partial charge in [0.2, 0.25) is 0 Å². The monoisotopic (exact) mass is 329 g/mol. The Morgan fingerprint density at radius 1 is 1.47 bits per heavy atom. The summed E-state index contributed by atoms with van der Waals surface area (Å²) >= 11 is 3.32. The SMILES string of the molecule is CCn1ncc(NC2CCCCCC2O)c(Br)c1=O. The zero-order valence-corrected chi connectivity index (χ0v) is 12.7. The average molecular weight is 330 g/mol. The third-order valence-electron chi connectivity index (χ3n) is 3.60. The van der Waals surface area contributed by atoms with E-state index in [1.807, 2.05) is 6.92 Å². The Balaban J connectivity index is 2.18. The number of nitrogens with zero attached hydrogens (tertiary/aromatic N) is 2. The third-order valence-corrected chi connectivity index (χ3v) is 4.37. The number of aliphatic hydroxyl groups is 1. The van der Waals surface area contributed by atoms with E-state index in [-0.39, 0.29) is 17.7 Å². The molecule has 1 heterocycles. The predicted octanol–water partition coefficient (Wildman–Crippen LogP) is 2.13. The van der Waals surface area contributed by atoms with Crippen LogP contribution in [0.4, 0.5) is 5.69 Å². The number of aliphatic hydroxyl groups excluding tert-OH is 1. The first-order valence-electron chi connectivity index (χ1n) is 6.83. The van der Waals surface area contributed by atoms with Crippen molar-refractivity contribution in [2.24, 2.45) is 0 Å². The minimum Gasteiger partial charge on any atom is -0.391 e. The van der Waals surface area contributed by atoms with Gasteiger partial charge in [0.1, 0.15) is 4.47 Å². The maximum absolute atomic E-state index is 12.0. The summed E-state index contributed by atoms with van der Waals surface area (Å²) in [6.07, 6.45) is 6.35. The van der Waals surface area contributed by atoms with Gasteiger partial charge in [0.05, 0.1) is 24.0 Å². The van der Waals surface area contributed by atoms with Gasteiger partial charge < -0.3 is 10.4 Å². The average Bonchev–Trinajstić information content (AvgIpc) is 2.61. The molecule has 1 aromatic heterocycles. The lowest BCUT2D eigenvalue weighted by atomic mass is 10.1. The Labute approximate surface area is 121 Å². The number of anilines is 1. The number of aromatic nitrogens is 2. The van der Waals surface area contributed by atoms with Gasteiger partial charge in [-0.2, -0.15) is 5.10 Å². The first kappa shape index (κ1) is 14.5. The van der Waals surface area contributed by atoms with E-state index in [2.05, 4.69) is 26.3 Å². The molecule has 1 aliphatic rings. The summed E-state index contributed by atoms with van der Waals surface area (Å²) in [5.74, 6) is 0. The first-order chi connectivity index (χ1) is 9.13. The Bertz CT molecular complexity index is 489. The molecule has 1 saturated carbocycles. The van der Waals surface area contributed by atoms with E-state index in [9.17, 15) is 9.90 Å². The molecule has 0 aliphatic heterocycles. The van der Waals surface area contributed by atoms with Gasteiger partial charge in [-0.25, -0.2) is 4.68 Å². The lowest BCUT2D eigenvalue weighted by Gasteiger charge is -2.23. The number of rotatable bonds is 3. The molecule has 1 aromatic rings. The Morgan fingerprint density at radius 3 is 2.95 bits per heavy atom. The summed E-state index contributed by atoms with van der Waals surface area (Å²) in [6, 6.07) is -0.00234. The molecule has 0 aromatic carbocycles. The molecule has 0 radical (unpaired) electrons. The van der Waals surface area contributed by atoms with Crippen LogP contribution >= 0.6 is 15.9 Å². The summed E-state index contributed by atoms with van der Waals surface area (Å²) in [6.45, 7) is 2.42. The van der Waals surface area contributed by atoms with Crippen LogP contribution in [0.5, 0.6) is 0 Å². The minimum atomic E-state index is -0.358. The molecule has 0 bridgehead atoms. The second kappa shape index (κ2) is 6.52. The predicted molar refractivity (Wildman–Crippen MR) is 78.4 cm³/mol. The molecule has 0 saturated heterocycles.